The van der Waals surface area contributed by atoms with Crippen molar-refractivity contribution in [1.29, 1.82) is 0 Å². The Balaban J connectivity index is 1.52. The minimum Gasteiger partial charge on any atom is -0.507 e. The maximum absolute atomic E-state index is 10.1. The number of anilines is 1. The fourth-order valence-corrected chi connectivity index (χ4v) is 3.31. The molecule has 3 heterocycles. The van der Waals surface area contributed by atoms with E-state index >= 15 is 0 Å². The van der Waals surface area contributed by atoms with Crippen molar-refractivity contribution in [3.8, 4) is 17.1 Å². The van der Waals surface area contributed by atoms with Gasteiger partial charge in [0.15, 0.2) is 5.82 Å². The summed E-state index contributed by atoms with van der Waals surface area (Å²) in [6.07, 6.45) is 0. The number of phenolic OH excluding ortho intramolecular Hbond substituents is 1. The summed E-state index contributed by atoms with van der Waals surface area (Å²) >= 11 is 0. The zero-order chi connectivity index (χ0) is 16.5. The van der Waals surface area contributed by atoms with Gasteiger partial charge in [-0.05, 0) is 19.1 Å². The molecule has 24 heavy (non-hydrogen) atoms. The van der Waals surface area contributed by atoms with E-state index in [1.165, 1.54) is 0 Å². The van der Waals surface area contributed by atoms with E-state index in [1.54, 1.807) is 12.1 Å². The van der Waals surface area contributed by atoms with Crippen molar-refractivity contribution < 1.29 is 9.84 Å². The molecule has 1 N–H and O–H groups in total. The monoisotopic (exact) mass is 326 g/mol. The molecule has 4 rings (SSSR count). The Hall–Kier alpha value is -2.18. The Kier molecular flexibility index (Phi) is 4.08. The molecule has 0 saturated carbocycles. The Morgan fingerprint density at radius 1 is 1.12 bits per heavy atom. The van der Waals surface area contributed by atoms with Crippen molar-refractivity contribution in [2.24, 2.45) is 0 Å². The number of aromatic hydroxyl groups is 1. The number of rotatable bonds is 3. The van der Waals surface area contributed by atoms with Gasteiger partial charge in [-0.15, -0.1) is 0 Å². The van der Waals surface area contributed by atoms with Gasteiger partial charge in [-0.3, -0.25) is 4.90 Å². The minimum atomic E-state index is 0.212. The van der Waals surface area contributed by atoms with Crippen molar-refractivity contribution in [3.05, 3.63) is 36.0 Å². The maximum atomic E-state index is 10.1. The predicted molar refractivity (Wildman–Crippen MR) is 92.3 cm³/mol. The molecule has 1 aromatic heterocycles. The first-order valence-electron chi connectivity index (χ1n) is 8.41. The lowest BCUT2D eigenvalue weighted by atomic mass is 10.1. The summed E-state index contributed by atoms with van der Waals surface area (Å²) < 4.78 is 5.42. The molecule has 2 aliphatic heterocycles. The van der Waals surface area contributed by atoms with Crippen molar-refractivity contribution in [3.63, 3.8) is 0 Å². The predicted octanol–water partition coefficient (Wildman–Crippen LogP) is 1.68. The van der Waals surface area contributed by atoms with E-state index < -0.39 is 0 Å². The lowest BCUT2D eigenvalue weighted by Gasteiger charge is -2.47. The van der Waals surface area contributed by atoms with Crippen LogP contribution >= 0.6 is 0 Å². The first-order chi connectivity index (χ1) is 11.7. The van der Waals surface area contributed by atoms with E-state index in [-0.39, 0.29) is 5.75 Å². The molecular formula is C18H22N4O2. The van der Waals surface area contributed by atoms with Gasteiger partial charge in [0.05, 0.1) is 18.8 Å². The minimum absolute atomic E-state index is 0.212. The summed E-state index contributed by atoms with van der Waals surface area (Å²) in [5, 5.41) is 10.1. The maximum Gasteiger partial charge on any atom is 0.165 e. The molecule has 2 fully saturated rings. The van der Waals surface area contributed by atoms with Crippen LogP contribution in [0.25, 0.3) is 11.4 Å². The number of hydrogen-bond acceptors (Lipinski definition) is 6. The third-order valence-electron chi connectivity index (χ3n) is 4.73. The van der Waals surface area contributed by atoms with Crippen LogP contribution in [0.1, 0.15) is 5.69 Å². The van der Waals surface area contributed by atoms with Gasteiger partial charge in [0, 0.05) is 44.0 Å². The third kappa shape index (κ3) is 2.95. The quantitative estimate of drug-likeness (QED) is 0.926. The molecule has 126 valence electrons. The second-order valence-electron chi connectivity index (χ2n) is 6.42. The molecule has 2 aliphatic rings. The lowest BCUT2D eigenvalue weighted by molar-refractivity contribution is 0.0104. The zero-order valence-corrected chi connectivity index (χ0v) is 13.9. The highest BCUT2D eigenvalue weighted by molar-refractivity contribution is 5.65. The van der Waals surface area contributed by atoms with Crippen LogP contribution < -0.4 is 4.90 Å². The van der Waals surface area contributed by atoms with Gasteiger partial charge in [0.1, 0.15) is 11.6 Å². The summed E-state index contributed by atoms with van der Waals surface area (Å²) in [4.78, 5) is 13.9. The number of para-hydroxylation sites is 1. The number of phenols is 1. The molecule has 2 aromatic rings. The molecule has 1 aromatic carbocycles. The van der Waals surface area contributed by atoms with Gasteiger partial charge < -0.3 is 14.7 Å². The van der Waals surface area contributed by atoms with Crippen LogP contribution in [-0.2, 0) is 4.74 Å². The molecule has 0 unspecified atom stereocenters. The number of nitrogens with zero attached hydrogens (tertiary/aromatic N) is 4. The van der Waals surface area contributed by atoms with Gasteiger partial charge in [0.25, 0.3) is 0 Å². The van der Waals surface area contributed by atoms with Crippen LogP contribution in [0.15, 0.2) is 30.3 Å². The van der Waals surface area contributed by atoms with Crippen molar-refractivity contribution in [2.45, 2.75) is 13.0 Å². The van der Waals surface area contributed by atoms with Crippen LogP contribution in [0.3, 0.4) is 0 Å². The SMILES string of the molecule is Cc1cc(N2CC(N3CCOCC3)C2)nc(-c2ccccc2O)n1. The Morgan fingerprint density at radius 3 is 2.62 bits per heavy atom. The van der Waals surface area contributed by atoms with E-state index in [9.17, 15) is 5.11 Å². The normalized spacial score (nSPS) is 19.3. The first kappa shape index (κ1) is 15.4. The molecule has 0 atom stereocenters. The van der Waals surface area contributed by atoms with Gasteiger partial charge in [0.2, 0.25) is 0 Å². The fourth-order valence-electron chi connectivity index (χ4n) is 3.31. The van der Waals surface area contributed by atoms with Crippen LogP contribution in [0.5, 0.6) is 5.75 Å². The van der Waals surface area contributed by atoms with Gasteiger partial charge >= 0.3 is 0 Å². The van der Waals surface area contributed by atoms with Gasteiger partial charge in [-0.2, -0.15) is 0 Å². The highest BCUT2D eigenvalue weighted by atomic mass is 16.5. The Labute approximate surface area is 141 Å². The molecule has 0 amide bonds. The summed E-state index contributed by atoms with van der Waals surface area (Å²) in [6.45, 7) is 7.64. The van der Waals surface area contributed by atoms with E-state index in [2.05, 4.69) is 19.8 Å². The molecule has 6 heteroatoms. The van der Waals surface area contributed by atoms with Crippen LogP contribution in [0, 0.1) is 6.92 Å². The number of aryl methyl sites for hydroxylation is 1. The van der Waals surface area contributed by atoms with E-state index in [1.807, 2.05) is 25.1 Å². The van der Waals surface area contributed by atoms with Crippen LogP contribution in [-0.4, -0.2) is 65.4 Å². The van der Waals surface area contributed by atoms with Crippen molar-refractivity contribution in [2.75, 3.05) is 44.3 Å². The Bertz CT molecular complexity index is 725. The summed E-state index contributed by atoms with van der Waals surface area (Å²) in [5.74, 6) is 1.73. The van der Waals surface area contributed by atoms with E-state index in [0.29, 0.717) is 17.4 Å². The van der Waals surface area contributed by atoms with Crippen LogP contribution in [0.2, 0.25) is 0 Å². The number of benzene rings is 1. The second-order valence-corrected chi connectivity index (χ2v) is 6.42. The molecule has 2 saturated heterocycles. The average Bonchev–Trinajstić information content (AvgIpc) is 2.54. The lowest BCUT2D eigenvalue weighted by Crippen LogP contribution is -2.61. The molecular weight excluding hydrogens is 304 g/mol. The number of hydrogen-bond donors (Lipinski definition) is 1. The fraction of sp³-hybridized carbons (Fsp3) is 0.444. The first-order valence-corrected chi connectivity index (χ1v) is 8.41. The average molecular weight is 326 g/mol. The molecule has 0 radical (unpaired) electrons. The molecule has 6 nitrogen and oxygen atoms in total. The molecule has 0 bridgehead atoms. The highest BCUT2D eigenvalue weighted by Crippen LogP contribution is 2.29. The van der Waals surface area contributed by atoms with Crippen molar-refractivity contribution in [1.82, 2.24) is 14.9 Å². The van der Waals surface area contributed by atoms with Crippen molar-refractivity contribution >= 4 is 5.82 Å². The smallest absolute Gasteiger partial charge is 0.165 e. The largest absolute Gasteiger partial charge is 0.507 e. The van der Waals surface area contributed by atoms with Crippen LogP contribution in [0.4, 0.5) is 5.82 Å². The number of ether oxygens (including phenoxy) is 1. The van der Waals surface area contributed by atoms with E-state index in [0.717, 1.165) is 50.9 Å². The summed E-state index contributed by atoms with van der Waals surface area (Å²) in [7, 11) is 0. The van der Waals surface area contributed by atoms with Gasteiger partial charge in [-0.1, -0.05) is 12.1 Å². The molecule has 0 aliphatic carbocycles. The third-order valence-corrected chi connectivity index (χ3v) is 4.73. The highest BCUT2D eigenvalue weighted by Gasteiger charge is 2.33. The Morgan fingerprint density at radius 2 is 1.88 bits per heavy atom. The zero-order valence-electron chi connectivity index (χ0n) is 13.9. The van der Waals surface area contributed by atoms with Gasteiger partial charge in [-0.25, -0.2) is 9.97 Å². The molecule has 0 spiro atoms. The second kappa shape index (κ2) is 6.37. The number of morpholine rings is 1. The topological polar surface area (TPSA) is 61.7 Å². The summed E-state index contributed by atoms with van der Waals surface area (Å²) in [5.41, 5.74) is 1.58. The standard InChI is InChI=1S/C18H22N4O2/c1-13-10-17(20-18(19-13)15-4-2-3-5-16(15)23)22-11-14(12-22)21-6-8-24-9-7-21/h2-5,10,14,23H,6-9,11-12H2,1H3. The van der Waals surface area contributed by atoms with E-state index in [4.69, 9.17) is 4.74 Å². The summed E-state index contributed by atoms with van der Waals surface area (Å²) in [6, 6.07) is 9.80. The number of aromatic nitrogens is 2.